The van der Waals surface area contributed by atoms with Crippen LogP contribution >= 0.6 is 0 Å². The van der Waals surface area contributed by atoms with Gasteiger partial charge in [0.25, 0.3) is 0 Å². The molecule has 6 heteroatoms. The lowest BCUT2D eigenvalue weighted by molar-refractivity contribution is -0.137. The highest BCUT2D eigenvalue weighted by Gasteiger charge is 2.30. The minimum atomic E-state index is -4.30. The van der Waals surface area contributed by atoms with E-state index in [0.29, 0.717) is 37.5 Å². The number of aryl methyl sites for hydroxylation is 1. The number of rotatable bonds is 6. The number of methoxy groups -OCH3 is 1. The lowest BCUT2D eigenvalue weighted by Crippen LogP contribution is -2.40. The van der Waals surface area contributed by atoms with Gasteiger partial charge >= 0.3 is 6.18 Å². The maximum absolute atomic E-state index is 12.8. The van der Waals surface area contributed by atoms with Crippen molar-refractivity contribution in [3.63, 3.8) is 0 Å². The molecule has 1 aromatic carbocycles. The Morgan fingerprint density at radius 2 is 2.17 bits per heavy atom. The van der Waals surface area contributed by atoms with Gasteiger partial charge in [-0.15, -0.1) is 0 Å². The summed E-state index contributed by atoms with van der Waals surface area (Å²) in [5, 5.41) is 0. The molecule has 2 rings (SSSR count). The van der Waals surface area contributed by atoms with Gasteiger partial charge in [0.1, 0.15) is 0 Å². The molecule has 1 heterocycles. The smallest absolute Gasteiger partial charge is 0.384 e. The summed E-state index contributed by atoms with van der Waals surface area (Å²) in [6, 6.07) is 5.52. The van der Waals surface area contributed by atoms with Gasteiger partial charge in [-0.3, -0.25) is 4.79 Å². The lowest BCUT2D eigenvalue weighted by atomic mass is 9.91. The van der Waals surface area contributed by atoms with Crippen LogP contribution in [-0.4, -0.2) is 37.6 Å². The van der Waals surface area contributed by atoms with Gasteiger partial charge in [-0.2, -0.15) is 13.2 Å². The van der Waals surface area contributed by atoms with Crippen molar-refractivity contribution >= 4 is 5.91 Å². The molecule has 0 saturated carbocycles. The van der Waals surface area contributed by atoms with Crippen molar-refractivity contribution in [2.75, 3.05) is 26.8 Å². The summed E-state index contributed by atoms with van der Waals surface area (Å²) < 4.78 is 43.2. The monoisotopic (exact) mass is 343 g/mol. The number of carbonyl (C=O) groups is 1. The van der Waals surface area contributed by atoms with Crippen LogP contribution < -0.4 is 0 Å². The van der Waals surface area contributed by atoms with Crippen LogP contribution in [0.25, 0.3) is 0 Å². The molecule has 1 unspecified atom stereocenters. The van der Waals surface area contributed by atoms with Crippen LogP contribution in [0.3, 0.4) is 0 Å². The van der Waals surface area contributed by atoms with E-state index in [0.717, 1.165) is 31.9 Å². The maximum Gasteiger partial charge on any atom is 0.416 e. The molecule has 0 aromatic heterocycles. The van der Waals surface area contributed by atoms with Crippen LogP contribution in [0.5, 0.6) is 0 Å². The first-order chi connectivity index (χ1) is 11.4. The number of ether oxygens (including phenoxy) is 1. The van der Waals surface area contributed by atoms with Crippen LogP contribution in [0.1, 0.15) is 36.8 Å². The van der Waals surface area contributed by atoms with Crippen LogP contribution in [0.15, 0.2) is 24.3 Å². The van der Waals surface area contributed by atoms with Gasteiger partial charge in [-0.05, 0) is 43.2 Å². The molecule has 1 aliphatic heterocycles. The van der Waals surface area contributed by atoms with E-state index in [1.54, 1.807) is 13.2 Å². The maximum atomic E-state index is 12.8. The molecular weight excluding hydrogens is 319 g/mol. The first kappa shape index (κ1) is 18.8. The Morgan fingerprint density at radius 1 is 1.38 bits per heavy atom. The predicted molar refractivity (Wildman–Crippen MR) is 85.6 cm³/mol. The zero-order chi connectivity index (χ0) is 17.6. The molecule has 1 aliphatic rings. The van der Waals surface area contributed by atoms with Gasteiger partial charge in [0.15, 0.2) is 0 Å². The fourth-order valence-corrected chi connectivity index (χ4v) is 3.15. The lowest BCUT2D eigenvalue weighted by Gasteiger charge is -2.33. The SMILES string of the molecule is COCCC(=O)N1CCCC(CCc2cccc(C(F)(F)F)c2)C1. The van der Waals surface area contributed by atoms with E-state index in [1.165, 1.54) is 12.1 Å². The molecular formula is C18H24F3NO2. The van der Waals surface area contributed by atoms with Crippen LogP contribution in [0.2, 0.25) is 0 Å². The number of nitrogens with zero attached hydrogens (tertiary/aromatic N) is 1. The average molecular weight is 343 g/mol. The van der Waals surface area contributed by atoms with Crippen molar-refractivity contribution in [2.24, 2.45) is 5.92 Å². The third-order valence-electron chi connectivity index (χ3n) is 4.49. The zero-order valence-corrected chi connectivity index (χ0v) is 13.9. The molecule has 0 aliphatic carbocycles. The fraction of sp³-hybridized carbons (Fsp3) is 0.611. The van der Waals surface area contributed by atoms with Gasteiger partial charge in [0.05, 0.1) is 18.6 Å². The molecule has 0 N–H and O–H groups in total. The van der Waals surface area contributed by atoms with Crippen LogP contribution in [-0.2, 0) is 22.1 Å². The van der Waals surface area contributed by atoms with Crippen molar-refractivity contribution in [3.8, 4) is 0 Å². The van der Waals surface area contributed by atoms with E-state index in [-0.39, 0.29) is 5.91 Å². The minimum Gasteiger partial charge on any atom is -0.384 e. The van der Waals surface area contributed by atoms with Crippen molar-refractivity contribution in [3.05, 3.63) is 35.4 Å². The predicted octanol–water partition coefficient (Wildman–Crippen LogP) is 3.91. The molecule has 1 aromatic rings. The van der Waals surface area contributed by atoms with Crippen molar-refractivity contribution in [1.82, 2.24) is 4.90 Å². The fourth-order valence-electron chi connectivity index (χ4n) is 3.15. The van der Waals surface area contributed by atoms with Gasteiger partial charge in [0, 0.05) is 20.2 Å². The number of halogens is 3. The molecule has 134 valence electrons. The van der Waals surface area contributed by atoms with E-state index >= 15 is 0 Å². The number of carbonyl (C=O) groups excluding carboxylic acids is 1. The molecule has 1 saturated heterocycles. The Morgan fingerprint density at radius 3 is 2.88 bits per heavy atom. The summed E-state index contributed by atoms with van der Waals surface area (Å²) in [6.45, 7) is 1.88. The minimum absolute atomic E-state index is 0.0978. The highest BCUT2D eigenvalue weighted by Crippen LogP contribution is 2.30. The number of alkyl halides is 3. The number of likely N-dealkylation sites (tertiary alicyclic amines) is 1. The number of benzene rings is 1. The van der Waals surface area contributed by atoms with Crippen LogP contribution in [0.4, 0.5) is 13.2 Å². The standard InChI is InChI=1S/C18H24F3NO2/c1-24-11-9-17(23)22-10-3-5-15(13-22)8-7-14-4-2-6-16(12-14)18(19,20)21/h2,4,6,12,15H,3,5,7-11,13H2,1H3. The number of hydrogen-bond donors (Lipinski definition) is 0. The highest BCUT2D eigenvalue weighted by atomic mass is 19.4. The molecule has 0 bridgehead atoms. The van der Waals surface area contributed by atoms with Crippen molar-refractivity contribution < 1.29 is 22.7 Å². The average Bonchev–Trinajstić information content (AvgIpc) is 2.57. The zero-order valence-electron chi connectivity index (χ0n) is 13.9. The van der Waals surface area contributed by atoms with Crippen molar-refractivity contribution in [2.45, 2.75) is 38.3 Å². The molecule has 1 atom stereocenters. The summed E-state index contributed by atoms with van der Waals surface area (Å²) in [7, 11) is 1.57. The Balaban J connectivity index is 1.87. The third kappa shape index (κ3) is 5.51. The quantitative estimate of drug-likeness (QED) is 0.784. The number of piperidine rings is 1. The second-order valence-electron chi connectivity index (χ2n) is 6.33. The molecule has 1 amide bonds. The van der Waals surface area contributed by atoms with Gasteiger partial charge < -0.3 is 9.64 Å². The molecule has 0 spiro atoms. The van der Waals surface area contributed by atoms with E-state index in [1.807, 2.05) is 4.90 Å². The molecule has 24 heavy (non-hydrogen) atoms. The van der Waals surface area contributed by atoms with E-state index < -0.39 is 11.7 Å². The molecule has 3 nitrogen and oxygen atoms in total. The van der Waals surface area contributed by atoms with E-state index in [2.05, 4.69) is 0 Å². The summed E-state index contributed by atoms with van der Waals surface area (Å²) in [5.74, 6) is 0.445. The molecule has 0 radical (unpaired) electrons. The Hall–Kier alpha value is -1.56. The summed E-state index contributed by atoms with van der Waals surface area (Å²) in [6.07, 6.45) is -0.536. The normalized spacial score (nSPS) is 18.7. The summed E-state index contributed by atoms with van der Waals surface area (Å²) in [4.78, 5) is 13.9. The topological polar surface area (TPSA) is 29.5 Å². The summed E-state index contributed by atoms with van der Waals surface area (Å²) in [5.41, 5.74) is 0.104. The number of hydrogen-bond acceptors (Lipinski definition) is 2. The Labute approximate surface area is 140 Å². The number of amides is 1. The van der Waals surface area contributed by atoms with E-state index in [4.69, 9.17) is 4.74 Å². The first-order valence-corrected chi connectivity index (χ1v) is 8.33. The Kier molecular flexibility index (Phi) is 6.66. The van der Waals surface area contributed by atoms with E-state index in [9.17, 15) is 18.0 Å². The van der Waals surface area contributed by atoms with Gasteiger partial charge in [-0.25, -0.2) is 0 Å². The van der Waals surface area contributed by atoms with Crippen LogP contribution in [0, 0.1) is 5.92 Å². The van der Waals surface area contributed by atoms with Crippen molar-refractivity contribution in [1.29, 1.82) is 0 Å². The Bertz CT molecular complexity index is 545. The second-order valence-corrected chi connectivity index (χ2v) is 6.33. The highest BCUT2D eigenvalue weighted by molar-refractivity contribution is 5.76. The first-order valence-electron chi connectivity index (χ1n) is 8.33. The summed E-state index contributed by atoms with van der Waals surface area (Å²) >= 11 is 0. The third-order valence-corrected chi connectivity index (χ3v) is 4.49. The van der Waals surface area contributed by atoms with Gasteiger partial charge in [-0.1, -0.05) is 18.2 Å². The largest absolute Gasteiger partial charge is 0.416 e. The van der Waals surface area contributed by atoms with Gasteiger partial charge in [0.2, 0.25) is 5.91 Å². The second kappa shape index (κ2) is 8.51. The molecule has 1 fully saturated rings.